The highest BCUT2D eigenvalue weighted by atomic mass is 19.4. The first-order chi connectivity index (χ1) is 7.28. The van der Waals surface area contributed by atoms with Gasteiger partial charge in [0.25, 0.3) is 0 Å². The summed E-state index contributed by atoms with van der Waals surface area (Å²) in [4.78, 5) is 0. The second-order valence-corrected chi connectivity index (χ2v) is 2.62. The second-order valence-electron chi connectivity index (χ2n) is 2.62. The normalized spacial score (nSPS) is 11.1. The molecule has 0 unspecified atom stereocenters. The summed E-state index contributed by atoms with van der Waals surface area (Å²) in [5.74, 6) is -1.75. The molecular formula is C7H6BF3O5. The Morgan fingerprint density at radius 3 is 2.25 bits per heavy atom. The third kappa shape index (κ3) is 3.87. The Hall–Kier alpha value is -1.61. The molecule has 1 rings (SSSR count). The number of alkyl halides is 3. The second kappa shape index (κ2) is 4.50. The van der Waals surface area contributed by atoms with Crippen LogP contribution in [0.1, 0.15) is 0 Å². The lowest BCUT2D eigenvalue weighted by Crippen LogP contribution is -2.20. The maximum Gasteiger partial charge on any atom is 0.707 e. The van der Waals surface area contributed by atoms with Gasteiger partial charge >= 0.3 is 13.7 Å². The molecule has 0 saturated carbocycles. The van der Waals surface area contributed by atoms with E-state index in [4.69, 9.17) is 15.2 Å². The van der Waals surface area contributed by atoms with Gasteiger partial charge in [0.2, 0.25) is 0 Å². The fourth-order valence-corrected chi connectivity index (χ4v) is 0.908. The number of ether oxygens (including phenoxy) is 1. The standard InChI is InChI=1S/C7H6BF3O5/c9-7(10,11)15-4-1-2-6(5(12)3-4)16-8(13)14/h1-3,12-14H. The van der Waals surface area contributed by atoms with E-state index in [0.29, 0.717) is 6.07 Å². The molecule has 0 heterocycles. The van der Waals surface area contributed by atoms with Crippen molar-refractivity contribution in [2.45, 2.75) is 6.36 Å². The zero-order valence-corrected chi connectivity index (χ0v) is 7.60. The lowest BCUT2D eigenvalue weighted by atomic mass is 10.2. The summed E-state index contributed by atoms with van der Waals surface area (Å²) < 4.78 is 43.1. The molecule has 3 N–H and O–H groups in total. The average molecular weight is 238 g/mol. The van der Waals surface area contributed by atoms with Crippen molar-refractivity contribution in [1.29, 1.82) is 0 Å². The summed E-state index contributed by atoms with van der Waals surface area (Å²) in [6.07, 6.45) is -4.87. The van der Waals surface area contributed by atoms with Crippen LogP contribution in [0.15, 0.2) is 18.2 Å². The highest BCUT2D eigenvalue weighted by Crippen LogP contribution is 2.32. The zero-order chi connectivity index (χ0) is 12.3. The Labute approximate surface area is 87.8 Å². The van der Waals surface area contributed by atoms with Crippen LogP contribution in [-0.4, -0.2) is 28.8 Å². The molecule has 0 aromatic heterocycles. The largest absolute Gasteiger partial charge is 0.707 e. The fourth-order valence-electron chi connectivity index (χ4n) is 0.908. The van der Waals surface area contributed by atoms with E-state index in [2.05, 4.69) is 9.39 Å². The van der Waals surface area contributed by atoms with Crippen LogP contribution in [0.5, 0.6) is 17.2 Å². The van der Waals surface area contributed by atoms with Gasteiger partial charge in [-0.1, -0.05) is 0 Å². The molecule has 0 radical (unpaired) electrons. The van der Waals surface area contributed by atoms with Crippen LogP contribution >= 0.6 is 0 Å². The van der Waals surface area contributed by atoms with Crippen LogP contribution in [0.25, 0.3) is 0 Å². The van der Waals surface area contributed by atoms with Gasteiger partial charge in [-0.2, -0.15) is 0 Å². The van der Waals surface area contributed by atoms with Crippen molar-refractivity contribution >= 4 is 7.32 Å². The number of phenols is 1. The number of rotatable bonds is 3. The van der Waals surface area contributed by atoms with Gasteiger partial charge in [0.15, 0.2) is 5.75 Å². The molecule has 88 valence electrons. The van der Waals surface area contributed by atoms with Gasteiger partial charge in [-0.15, -0.1) is 13.2 Å². The number of aromatic hydroxyl groups is 1. The van der Waals surface area contributed by atoms with E-state index in [1.54, 1.807) is 0 Å². The molecule has 0 fully saturated rings. The summed E-state index contributed by atoms with van der Waals surface area (Å²) in [6, 6.07) is 2.38. The van der Waals surface area contributed by atoms with Crippen LogP contribution in [0.4, 0.5) is 13.2 Å². The molecule has 0 atom stereocenters. The highest BCUT2D eigenvalue weighted by Gasteiger charge is 2.31. The van der Waals surface area contributed by atoms with Crippen molar-refractivity contribution < 1.29 is 37.7 Å². The van der Waals surface area contributed by atoms with Crippen LogP contribution in [-0.2, 0) is 0 Å². The maximum atomic E-state index is 11.8. The molecule has 9 heteroatoms. The molecule has 0 aliphatic rings. The van der Waals surface area contributed by atoms with Gasteiger partial charge in [0, 0.05) is 6.07 Å². The Balaban J connectivity index is 2.83. The minimum absolute atomic E-state index is 0.385. The highest BCUT2D eigenvalue weighted by molar-refractivity contribution is 6.33. The summed E-state index contributed by atoms with van der Waals surface area (Å²) in [5.41, 5.74) is 0. The molecule has 1 aromatic carbocycles. The van der Waals surface area contributed by atoms with E-state index >= 15 is 0 Å². The van der Waals surface area contributed by atoms with E-state index in [0.717, 1.165) is 12.1 Å². The first-order valence-corrected chi connectivity index (χ1v) is 3.89. The third-order valence-electron chi connectivity index (χ3n) is 1.40. The smallest absolute Gasteiger partial charge is 0.509 e. The Morgan fingerprint density at radius 1 is 1.19 bits per heavy atom. The minimum atomic E-state index is -4.87. The first-order valence-electron chi connectivity index (χ1n) is 3.89. The Bertz CT molecular complexity index is 368. The molecule has 16 heavy (non-hydrogen) atoms. The van der Waals surface area contributed by atoms with Gasteiger partial charge in [-0.3, -0.25) is 0 Å². The summed E-state index contributed by atoms with van der Waals surface area (Å²) in [7, 11) is -2.18. The summed E-state index contributed by atoms with van der Waals surface area (Å²) >= 11 is 0. The van der Waals surface area contributed by atoms with Crippen LogP contribution < -0.4 is 9.39 Å². The minimum Gasteiger partial charge on any atom is -0.509 e. The predicted molar refractivity (Wildman–Crippen MR) is 45.6 cm³/mol. The zero-order valence-electron chi connectivity index (χ0n) is 7.60. The van der Waals surface area contributed by atoms with Crippen molar-refractivity contribution in [3.05, 3.63) is 18.2 Å². The fraction of sp³-hybridized carbons (Fsp3) is 0.143. The predicted octanol–water partition coefficient (Wildman–Crippen LogP) is 0.639. The van der Waals surface area contributed by atoms with Crippen LogP contribution in [0, 0.1) is 0 Å². The van der Waals surface area contributed by atoms with Gasteiger partial charge < -0.3 is 24.5 Å². The molecule has 0 aliphatic heterocycles. The van der Waals surface area contributed by atoms with Crippen molar-refractivity contribution in [1.82, 2.24) is 0 Å². The van der Waals surface area contributed by atoms with Crippen molar-refractivity contribution in [2.24, 2.45) is 0 Å². The number of hydrogen-bond acceptors (Lipinski definition) is 5. The Kier molecular flexibility index (Phi) is 3.50. The molecule has 0 aliphatic carbocycles. The lowest BCUT2D eigenvalue weighted by molar-refractivity contribution is -0.274. The average Bonchev–Trinajstić information content (AvgIpc) is 2.06. The molecular weight excluding hydrogens is 232 g/mol. The number of hydrogen-bond donors (Lipinski definition) is 3. The van der Waals surface area contributed by atoms with E-state index in [1.165, 1.54) is 0 Å². The van der Waals surface area contributed by atoms with Crippen LogP contribution in [0.2, 0.25) is 0 Å². The Morgan fingerprint density at radius 2 is 1.81 bits per heavy atom. The van der Waals surface area contributed by atoms with Gasteiger partial charge in [0.05, 0.1) is 0 Å². The number of halogens is 3. The topological polar surface area (TPSA) is 79.2 Å². The maximum absolute atomic E-state index is 11.8. The molecule has 0 spiro atoms. The van der Waals surface area contributed by atoms with E-state index in [1.807, 2.05) is 0 Å². The molecule has 0 bridgehead atoms. The quantitative estimate of drug-likeness (QED) is 0.673. The SMILES string of the molecule is OB(O)Oc1ccc(OC(F)(F)F)cc1O. The lowest BCUT2D eigenvalue weighted by Gasteiger charge is -2.11. The van der Waals surface area contributed by atoms with Gasteiger partial charge in [-0.25, -0.2) is 0 Å². The van der Waals surface area contributed by atoms with Crippen LogP contribution in [0.3, 0.4) is 0 Å². The summed E-state index contributed by atoms with van der Waals surface area (Å²) in [5, 5.41) is 25.9. The van der Waals surface area contributed by atoms with Gasteiger partial charge in [0.1, 0.15) is 11.5 Å². The van der Waals surface area contributed by atoms with Gasteiger partial charge in [-0.05, 0) is 12.1 Å². The molecule has 0 saturated heterocycles. The first kappa shape index (κ1) is 12.5. The number of phenolic OH excluding ortho intramolecular Hbond substituents is 1. The van der Waals surface area contributed by atoms with Crippen molar-refractivity contribution in [2.75, 3.05) is 0 Å². The molecule has 1 aromatic rings. The third-order valence-corrected chi connectivity index (χ3v) is 1.40. The number of benzene rings is 1. The molecule has 5 nitrogen and oxygen atoms in total. The van der Waals surface area contributed by atoms with E-state index < -0.39 is 25.2 Å². The van der Waals surface area contributed by atoms with Crippen molar-refractivity contribution in [3.63, 3.8) is 0 Å². The monoisotopic (exact) mass is 238 g/mol. The van der Waals surface area contributed by atoms with E-state index in [-0.39, 0.29) is 5.75 Å². The molecule has 0 amide bonds. The van der Waals surface area contributed by atoms with Crippen molar-refractivity contribution in [3.8, 4) is 17.2 Å². The van der Waals surface area contributed by atoms with E-state index in [9.17, 15) is 13.2 Å². The summed E-state index contributed by atoms with van der Waals surface area (Å²) in [6.45, 7) is 0.